The average molecular weight is 331 g/mol. The molecule has 0 aliphatic carbocycles. The van der Waals surface area contributed by atoms with Gasteiger partial charge in [0.1, 0.15) is 22.6 Å². The summed E-state index contributed by atoms with van der Waals surface area (Å²) in [4.78, 5) is 16.5. The predicted octanol–water partition coefficient (Wildman–Crippen LogP) is 3.93. The highest BCUT2D eigenvalue weighted by Crippen LogP contribution is 2.40. The Balaban J connectivity index is 2.12. The van der Waals surface area contributed by atoms with E-state index in [2.05, 4.69) is 4.98 Å². The number of phenolic OH excluding ortho intramolecular Hbond substituents is 2. The van der Waals surface area contributed by atoms with Crippen LogP contribution >= 0.6 is 0 Å². The first-order valence-electron chi connectivity index (χ1n) is 7.64. The number of aromatic hydroxyl groups is 2. The number of rotatable bonds is 2. The van der Waals surface area contributed by atoms with Crippen LogP contribution in [0.25, 0.3) is 33.4 Å². The first-order valence-corrected chi connectivity index (χ1v) is 7.64. The van der Waals surface area contributed by atoms with Crippen molar-refractivity contribution in [2.24, 2.45) is 0 Å². The SMILES string of the molecule is O=c1cc(-c2ccccc2)oc2c(-c3ccncc3)c(O)cc(O)c12. The lowest BCUT2D eigenvalue weighted by molar-refractivity contribution is 0.454. The molecule has 0 bridgehead atoms. The second kappa shape index (κ2) is 5.79. The molecule has 2 aromatic carbocycles. The molecule has 5 nitrogen and oxygen atoms in total. The van der Waals surface area contributed by atoms with Crippen LogP contribution in [0.2, 0.25) is 0 Å². The molecule has 25 heavy (non-hydrogen) atoms. The minimum Gasteiger partial charge on any atom is -0.507 e. The van der Waals surface area contributed by atoms with E-state index in [1.807, 2.05) is 30.3 Å². The van der Waals surface area contributed by atoms with Crippen molar-refractivity contribution in [1.29, 1.82) is 0 Å². The predicted molar refractivity (Wildman–Crippen MR) is 94.5 cm³/mol. The van der Waals surface area contributed by atoms with Crippen LogP contribution in [-0.2, 0) is 0 Å². The first-order chi connectivity index (χ1) is 12.1. The molecule has 4 rings (SSSR count). The average Bonchev–Trinajstić information content (AvgIpc) is 2.62. The van der Waals surface area contributed by atoms with Gasteiger partial charge >= 0.3 is 0 Å². The Labute approximate surface area is 142 Å². The van der Waals surface area contributed by atoms with Crippen LogP contribution in [0.5, 0.6) is 11.5 Å². The van der Waals surface area contributed by atoms with Crippen LogP contribution in [0.1, 0.15) is 0 Å². The van der Waals surface area contributed by atoms with Crippen molar-refractivity contribution in [2.75, 3.05) is 0 Å². The highest BCUT2D eigenvalue weighted by Gasteiger charge is 2.19. The van der Waals surface area contributed by atoms with Gasteiger partial charge < -0.3 is 14.6 Å². The molecular formula is C20H13NO4. The van der Waals surface area contributed by atoms with Gasteiger partial charge in [0.25, 0.3) is 0 Å². The molecule has 0 unspecified atom stereocenters. The molecule has 0 amide bonds. The Morgan fingerprint density at radius 1 is 0.840 bits per heavy atom. The van der Waals surface area contributed by atoms with E-state index < -0.39 is 0 Å². The summed E-state index contributed by atoms with van der Waals surface area (Å²) in [5.41, 5.74) is 1.45. The maximum atomic E-state index is 12.6. The van der Waals surface area contributed by atoms with Crippen LogP contribution in [-0.4, -0.2) is 15.2 Å². The summed E-state index contributed by atoms with van der Waals surface area (Å²) in [5, 5.41) is 20.5. The first kappa shape index (κ1) is 15.0. The molecule has 122 valence electrons. The van der Waals surface area contributed by atoms with Crippen LogP contribution in [0.3, 0.4) is 0 Å². The number of hydrogen-bond donors (Lipinski definition) is 2. The third-order valence-corrected chi connectivity index (χ3v) is 3.99. The molecule has 0 fully saturated rings. The summed E-state index contributed by atoms with van der Waals surface area (Å²) >= 11 is 0. The van der Waals surface area contributed by atoms with E-state index in [1.165, 1.54) is 6.07 Å². The minimum atomic E-state index is -0.382. The van der Waals surface area contributed by atoms with Gasteiger partial charge in [-0.2, -0.15) is 0 Å². The minimum absolute atomic E-state index is 0.0318. The molecule has 0 aliphatic heterocycles. The fourth-order valence-electron chi connectivity index (χ4n) is 2.84. The summed E-state index contributed by atoms with van der Waals surface area (Å²) in [6.45, 7) is 0. The summed E-state index contributed by atoms with van der Waals surface area (Å²) in [7, 11) is 0. The van der Waals surface area contributed by atoms with Crippen LogP contribution in [0, 0.1) is 0 Å². The molecule has 2 aromatic heterocycles. The van der Waals surface area contributed by atoms with Crippen molar-refractivity contribution in [3.63, 3.8) is 0 Å². The molecule has 5 heteroatoms. The molecular weight excluding hydrogens is 318 g/mol. The van der Waals surface area contributed by atoms with Crippen molar-refractivity contribution in [3.8, 4) is 33.9 Å². The summed E-state index contributed by atoms with van der Waals surface area (Å²) in [6.07, 6.45) is 3.15. The van der Waals surface area contributed by atoms with Crippen molar-refractivity contribution >= 4 is 11.0 Å². The standard InChI is InChI=1S/C20H13NO4/c22-14-10-15(23)19-16(24)11-17(12-4-2-1-3-5-12)25-20(19)18(14)13-6-8-21-9-7-13/h1-11,22-23H. The topological polar surface area (TPSA) is 83.6 Å². The number of pyridine rings is 1. The third kappa shape index (κ3) is 2.52. The van der Waals surface area contributed by atoms with E-state index in [0.717, 1.165) is 11.6 Å². The van der Waals surface area contributed by atoms with E-state index >= 15 is 0 Å². The third-order valence-electron chi connectivity index (χ3n) is 3.99. The van der Waals surface area contributed by atoms with E-state index in [4.69, 9.17) is 4.42 Å². The van der Waals surface area contributed by atoms with Gasteiger partial charge in [-0.15, -0.1) is 0 Å². The molecule has 0 spiro atoms. The molecule has 0 aliphatic rings. The van der Waals surface area contributed by atoms with Crippen LogP contribution < -0.4 is 5.43 Å². The molecule has 0 radical (unpaired) electrons. The van der Waals surface area contributed by atoms with Crippen molar-refractivity contribution < 1.29 is 14.6 Å². The lowest BCUT2D eigenvalue weighted by atomic mass is 10.0. The second-order valence-corrected chi connectivity index (χ2v) is 5.57. The summed E-state index contributed by atoms with van der Waals surface area (Å²) in [6, 6.07) is 15.1. The van der Waals surface area contributed by atoms with Gasteiger partial charge in [-0.3, -0.25) is 9.78 Å². The highest BCUT2D eigenvalue weighted by atomic mass is 16.3. The number of nitrogens with zero attached hydrogens (tertiary/aromatic N) is 1. The molecule has 0 saturated heterocycles. The smallest absolute Gasteiger partial charge is 0.197 e. The zero-order chi connectivity index (χ0) is 17.4. The largest absolute Gasteiger partial charge is 0.507 e. The Morgan fingerprint density at radius 2 is 1.56 bits per heavy atom. The second-order valence-electron chi connectivity index (χ2n) is 5.57. The normalized spacial score (nSPS) is 10.9. The Morgan fingerprint density at radius 3 is 2.28 bits per heavy atom. The van der Waals surface area contributed by atoms with E-state index in [9.17, 15) is 15.0 Å². The van der Waals surface area contributed by atoms with E-state index in [0.29, 0.717) is 16.9 Å². The molecule has 4 aromatic rings. The van der Waals surface area contributed by atoms with Gasteiger partial charge in [-0.05, 0) is 17.7 Å². The quantitative estimate of drug-likeness (QED) is 0.581. The van der Waals surface area contributed by atoms with Gasteiger partial charge in [-0.1, -0.05) is 30.3 Å². The summed E-state index contributed by atoms with van der Waals surface area (Å²) in [5.74, 6) is -0.137. The van der Waals surface area contributed by atoms with Gasteiger partial charge in [0.2, 0.25) is 0 Å². The van der Waals surface area contributed by atoms with Crippen molar-refractivity contribution in [2.45, 2.75) is 0 Å². The Bertz CT molecular complexity index is 1120. The molecule has 0 saturated carbocycles. The molecule has 0 atom stereocenters. The van der Waals surface area contributed by atoms with Crippen molar-refractivity contribution in [3.05, 3.63) is 77.2 Å². The van der Waals surface area contributed by atoms with Crippen molar-refractivity contribution in [1.82, 2.24) is 4.98 Å². The van der Waals surface area contributed by atoms with E-state index in [1.54, 1.807) is 24.5 Å². The van der Waals surface area contributed by atoms with Crippen LogP contribution in [0.15, 0.2) is 76.2 Å². The highest BCUT2D eigenvalue weighted by molar-refractivity contribution is 5.99. The fraction of sp³-hybridized carbons (Fsp3) is 0. The number of hydrogen-bond acceptors (Lipinski definition) is 5. The Kier molecular flexibility index (Phi) is 3.47. The van der Waals surface area contributed by atoms with Crippen LogP contribution in [0.4, 0.5) is 0 Å². The Hall–Kier alpha value is -3.60. The van der Waals surface area contributed by atoms with E-state index in [-0.39, 0.29) is 27.9 Å². The lowest BCUT2D eigenvalue weighted by Gasteiger charge is -2.11. The number of benzene rings is 2. The van der Waals surface area contributed by atoms with Gasteiger partial charge in [0.15, 0.2) is 11.0 Å². The van der Waals surface area contributed by atoms with Gasteiger partial charge in [0.05, 0.1) is 5.56 Å². The molecule has 2 heterocycles. The zero-order valence-electron chi connectivity index (χ0n) is 13.0. The summed E-state index contributed by atoms with van der Waals surface area (Å²) < 4.78 is 5.94. The monoisotopic (exact) mass is 331 g/mol. The maximum absolute atomic E-state index is 12.6. The van der Waals surface area contributed by atoms with Gasteiger partial charge in [0, 0.05) is 30.1 Å². The fourth-order valence-corrected chi connectivity index (χ4v) is 2.84. The molecule has 2 N–H and O–H groups in total. The maximum Gasteiger partial charge on any atom is 0.197 e. The zero-order valence-corrected chi connectivity index (χ0v) is 13.0. The number of phenols is 2. The lowest BCUT2D eigenvalue weighted by Crippen LogP contribution is -2.02. The number of aromatic nitrogens is 1. The van der Waals surface area contributed by atoms with Gasteiger partial charge in [-0.25, -0.2) is 0 Å². The number of fused-ring (bicyclic) bond motifs is 1.